The Morgan fingerprint density at radius 1 is 1.15 bits per heavy atom. The van der Waals surface area contributed by atoms with Crippen LogP contribution in [0.5, 0.6) is 0 Å². The molecule has 0 bridgehead atoms. The molecule has 20 heavy (non-hydrogen) atoms. The predicted octanol–water partition coefficient (Wildman–Crippen LogP) is 3.72. The molecule has 0 saturated heterocycles. The van der Waals surface area contributed by atoms with Gasteiger partial charge in [-0.25, -0.2) is 0 Å². The molecular weight excluding hydrogens is 248 g/mol. The third-order valence-electron chi connectivity index (χ3n) is 3.49. The lowest BCUT2D eigenvalue weighted by atomic mass is 10.2. The lowest BCUT2D eigenvalue weighted by molar-refractivity contribution is 0.463. The Labute approximate surface area is 121 Å². The predicted molar refractivity (Wildman–Crippen MR) is 84.0 cm³/mol. The van der Waals surface area contributed by atoms with Crippen LogP contribution in [0, 0.1) is 6.92 Å². The molecule has 2 rings (SSSR count). The fraction of sp³-hybridized carbons (Fsp3) is 0.412. The second-order valence-electron chi connectivity index (χ2n) is 4.92. The Balaban J connectivity index is 2.09. The highest BCUT2D eigenvalue weighted by atomic mass is 16.3. The second kappa shape index (κ2) is 7.15. The van der Waals surface area contributed by atoms with E-state index in [2.05, 4.69) is 60.5 Å². The van der Waals surface area contributed by atoms with E-state index >= 15 is 0 Å². The fourth-order valence-corrected chi connectivity index (χ4v) is 2.31. The highest BCUT2D eigenvalue weighted by molar-refractivity contribution is 5.46. The van der Waals surface area contributed by atoms with Crippen LogP contribution in [-0.2, 0) is 13.1 Å². The molecule has 2 aromatic rings. The van der Waals surface area contributed by atoms with E-state index in [1.807, 2.05) is 6.92 Å². The minimum Gasteiger partial charge on any atom is -0.465 e. The lowest BCUT2D eigenvalue weighted by Gasteiger charge is -2.22. The largest absolute Gasteiger partial charge is 0.465 e. The van der Waals surface area contributed by atoms with Gasteiger partial charge in [-0.2, -0.15) is 0 Å². The van der Waals surface area contributed by atoms with Gasteiger partial charge in [0.15, 0.2) is 0 Å². The Morgan fingerprint density at radius 3 is 2.55 bits per heavy atom. The number of anilines is 1. The standard InChI is InChI=1S/C17H24N2O/c1-4-18-12-17-11-15(14(3)20-17)13-19(5-2)16-9-7-6-8-10-16/h6-11,18H,4-5,12-13H2,1-3H3. The smallest absolute Gasteiger partial charge is 0.118 e. The summed E-state index contributed by atoms with van der Waals surface area (Å²) in [5, 5.41) is 3.30. The van der Waals surface area contributed by atoms with E-state index in [9.17, 15) is 0 Å². The van der Waals surface area contributed by atoms with Crippen LogP contribution >= 0.6 is 0 Å². The minimum absolute atomic E-state index is 0.800. The SMILES string of the molecule is CCNCc1cc(CN(CC)c2ccccc2)c(C)o1. The van der Waals surface area contributed by atoms with Crippen LogP contribution in [0.25, 0.3) is 0 Å². The van der Waals surface area contributed by atoms with Crippen LogP contribution in [0.4, 0.5) is 5.69 Å². The molecule has 1 aromatic carbocycles. The molecule has 0 saturated carbocycles. The van der Waals surface area contributed by atoms with Crippen LogP contribution in [0.2, 0.25) is 0 Å². The van der Waals surface area contributed by atoms with Crippen LogP contribution in [0.3, 0.4) is 0 Å². The summed E-state index contributed by atoms with van der Waals surface area (Å²) in [6.45, 7) is 9.96. The Bertz CT molecular complexity index is 519. The first-order chi connectivity index (χ1) is 9.74. The maximum atomic E-state index is 5.81. The quantitative estimate of drug-likeness (QED) is 0.832. The zero-order valence-corrected chi connectivity index (χ0v) is 12.6. The maximum Gasteiger partial charge on any atom is 0.118 e. The van der Waals surface area contributed by atoms with Crippen molar-refractivity contribution in [1.29, 1.82) is 0 Å². The Kier molecular flexibility index (Phi) is 5.24. The summed E-state index contributed by atoms with van der Waals surface area (Å²) < 4.78 is 5.81. The van der Waals surface area contributed by atoms with Crippen molar-refractivity contribution in [2.75, 3.05) is 18.0 Å². The summed E-state index contributed by atoms with van der Waals surface area (Å²) in [7, 11) is 0. The molecule has 0 atom stereocenters. The number of hydrogen-bond acceptors (Lipinski definition) is 3. The molecule has 0 aliphatic carbocycles. The molecule has 1 N–H and O–H groups in total. The lowest BCUT2D eigenvalue weighted by Crippen LogP contribution is -2.21. The Morgan fingerprint density at radius 2 is 1.90 bits per heavy atom. The number of para-hydroxylation sites is 1. The number of nitrogens with one attached hydrogen (secondary N) is 1. The molecule has 3 nitrogen and oxygen atoms in total. The average molecular weight is 272 g/mol. The normalized spacial score (nSPS) is 10.8. The molecule has 108 valence electrons. The van der Waals surface area contributed by atoms with Crippen LogP contribution in [0.15, 0.2) is 40.8 Å². The topological polar surface area (TPSA) is 28.4 Å². The molecule has 1 aromatic heterocycles. The first kappa shape index (κ1) is 14.7. The van der Waals surface area contributed by atoms with Crippen LogP contribution in [0.1, 0.15) is 30.9 Å². The van der Waals surface area contributed by atoms with E-state index in [-0.39, 0.29) is 0 Å². The van der Waals surface area contributed by atoms with Crippen molar-refractivity contribution in [3.8, 4) is 0 Å². The summed E-state index contributed by atoms with van der Waals surface area (Å²) in [5.74, 6) is 2.04. The van der Waals surface area contributed by atoms with E-state index in [0.717, 1.165) is 37.7 Å². The molecule has 0 radical (unpaired) electrons. The molecule has 0 unspecified atom stereocenters. The van der Waals surface area contributed by atoms with E-state index in [4.69, 9.17) is 4.42 Å². The molecule has 0 amide bonds. The molecular formula is C17H24N2O. The van der Waals surface area contributed by atoms with Crippen molar-refractivity contribution in [2.45, 2.75) is 33.9 Å². The molecule has 3 heteroatoms. The van der Waals surface area contributed by atoms with Gasteiger partial charge in [-0.05, 0) is 38.6 Å². The van der Waals surface area contributed by atoms with Gasteiger partial charge in [0, 0.05) is 24.3 Å². The maximum absolute atomic E-state index is 5.81. The average Bonchev–Trinajstić information content (AvgIpc) is 2.83. The van der Waals surface area contributed by atoms with Gasteiger partial charge in [-0.15, -0.1) is 0 Å². The van der Waals surface area contributed by atoms with Gasteiger partial charge >= 0.3 is 0 Å². The molecule has 0 aliphatic rings. The van der Waals surface area contributed by atoms with E-state index < -0.39 is 0 Å². The zero-order valence-electron chi connectivity index (χ0n) is 12.6. The summed E-state index contributed by atoms with van der Waals surface area (Å²) >= 11 is 0. The van der Waals surface area contributed by atoms with Gasteiger partial charge in [0.1, 0.15) is 11.5 Å². The minimum atomic E-state index is 0.800. The first-order valence-electron chi connectivity index (χ1n) is 7.33. The third kappa shape index (κ3) is 3.64. The third-order valence-corrected chi connectivity index (χ3v) is 3.49. The van der Waals surface area contributed by atoms with Gasteiger partial charge in [0.05, 0.1) is 6.54 Å². The van der Waals surface area contributed by atoms with Gasteiger partial charge < -0.3 is 14.6 Å². The van der Waals surface area contributed by atoms with Gasteiger partial charge in [-0.3, -0.25) is 0 Å². The van der Waals surface area contributed by atoms with Crippen molar-refractivity contribution in [2.24, 2.45) is 0 Å². The second-order valence-corrected chi connectivity index (χ2v) is 4.92. The van der Waals surface area contributed by atoms with Gasteiger partial charge in [-0.1, -0.05) is 25.1 Å². The van der Waals surface area contributed by atoms with Crippen molar-refractivity contribution in [3.63, 3.8) is 0 Å². The molecule has 1 heterocycles. The number of hydrogen-bond donors (Lipinski definition) is 1. The summed E-state index contributed by atoms with van der Waals surface area (Å²) in [5.41, 5.74) is 2.52. The highest BCUT2D eigenvalue weighted by Crippen LogP contribution is 2.21. The zero-order chi connectivity index (χ0) is 14.4. The first-order valence-corrected chi connectivity index (χ1v) is 7.33. The van der Waals surface area contributed by atoms with Gasteiger partial charge in [0.2, 0.25) is 0 Å². The van der Waals surface area contributed by atoms with Gasteiger partial charge in [0.25, 0.3) is 0 Å². The highest BCUT2D eigenvalue weighted by Gasteiger charge is 2.11. The van der Waals surface area contributed by atoms with E-state index in [1.165, 1.54) is 11.3 Å². The van der Waals surface area contributed by atoms with E-state index in [1.54, 1.807) is 0 Å². The van der Waals surface area contributed by atoms with Crippen LogP contribution in [-0.4, -0.2) is 13.1 Å². The summed E-state index contributed by atoms with van der Waals surface area (Å²) in [4.78, 5) is 2.36. The molecule has 0 fully saturated rings. The van der Waals surface area contributed by atoms with Crippen LogP contribution < -0.4 is 10.2 Å². The Hall–Kier alpha value is -1.74. The monoisotopic (exact) mass is 272 g/mol. The number of furan rings is 1. The summed E-state index contributed by atoms with van der Waals surface area (Å²) in [6, 6.07) is 12.7. The number of nitrogens with zero attached hydrogens (tertiary/aromatic N) is 1. The van der Waals surface area contributed by atoms with Crippen molar-refractivity contribution in [1.82, 2.24) is 5.32 Å². The molecule has 0 aliphatic heterocycles. The number of rotatable bonds is 7. The summed E-state index contributed by atoms with van der Waals surface area (Å²) in [6.07, 6.45) is 0. The van der Waals surface area contributed by atoms with Crippen molar-refractivity contribution in [3.05, 3.63) is 53.5 Å². The number of benzene rings is 1. The fourth-order valence-electron chi connectivity index (χ4n) is 2.31. The van der Waals surface area contributed by atoms with Crippen molar-refractivity contribution >= 4 is 5.69 Å². The molecule has 0 spiro atoms. The van der Waals surface area contributed by atoms with Crippen molar-refractivity contribution < 1.29 is 4.42 Å². The van der Waals surface area contributed by atoms with E-state index in [0.29, 0.717) is 0 Å². The number of aryl methyl sites for hydroxylation is 1.